The molecule has 5 nitrogen and oxygen atoms in total. The molecule has 2 N–H and O–H groups in total. The third kappa shape index (κ3) is 5.42. The molecule has 1 aromatic rings. The van der Waals surface area contributed by atoms with E-state index in [9.17, 15) is 9.90 Å². The Bertz CT molecular complexity index is 343. The van der Waals surface area contributed by atoms with Crippen molar-refractivity contribution in [1.82, 2.24) is 9.88 Å². The highest BCUT2D eigenvalue weighted by atomic mass is 16.4. The Morgan fingerprint density at radius 1 is 1.53 bits per heavy atom. The van der Waals surface area contributed by atoms with Crippen LogP contribution < -0.4 is 0 Å². The molecule has 0 aliphatic heterocycles. The van der Waals surface area contributed by atoms with E-state index < -0.39 is 12.1 Å². The van der Waals surface area contributed by atoms with Gasteiger partial charge in [-0.2, -0.15) is 0 Å². The van der Waals surface area contributed by atoms with Crippen molar-refractivity contribution in [3.8, 4) is 0 Å². The molecule has 1 atom stereocenters. The Labute approximate surface area is 101 Å². The van der Waals surface area contributed by atoms with Gasteiger partial charge in [0.15, 0.2) is 0 Å². The summed E-state index contributed by atoms with van der Waals surface area (Å²) in [7, 11) is 0. The number of carboxylic acids is 1. The van der Waals surface area contributed by atoms with Crippen molar-refractivity contribution in [1.29, 1.82) is 0 Å². The predicted molar refractivity (Wildman–Crippen MR) is 63.4 cm³/mol. The van der Waals surface area contributed by atoms with Crippen LogP contribution >= 0.6 is 0 Å². The lowest BCUT2D eigenvalue weighted by Gasteiger charge is -2.22. The van der Waals surface area contributed by atoms with Gasteiger partial charge in [0.05, 0.1) is 18.2 Å². The molecule has 0 spiro atoms. The monoisotopic (exact) mass is 238 g/mol. The maximum absolute atomic E-state index is 10.4. The molecule has 0 aliphatic rings. The second-order valence-corrected chi connectivity index (χ2v) is 3.90. The van der Waals surface area contributed by atoms with E-state index in [-0.39, 0.29) is 6.42 Å². The molecular formula is C12H18N2O3. The molecule has 0 radical (unpaired) electrons. The van der Waals surface area contributed by atoms with E-state index >= 15 is 0 Å². The minimum atomic E-state index is -0.980. The minimum Gasteiger partial charge on any atom is -0.481 e. The second-order valence-electron chi connectivity index (χ2n) is 3.90. The Morgan fingerprint density at radius 2 is 2.29 bits per heavy atom. The molecule has 5 heteroatoms. The number of aliphatic hydroxyl groups is 1. The summed E-state index contributed by atoms with van der Waals surface area (Å²) < 4.78 is 0. The molecule has 0 aliphatic carbocycles. The zero-order valence-electron chi connectivity index (χ0n) is 9.91. The summed E-state index contributed by atoms with van der Waals surface area (Å²) in [4.78, 5) is 16.6. The first-order valence-electron chi connectivity index (χ1n) is 5.64. The average molecular weight is 238 g/mol. The molecule has 0 fully saturated rings. The van der Waals surface area contributed by atoms with Crippen molar-refractivity contribution in [2.45, 2.75) is 26.0 Å². The van der Waals surface area contributed by atoms with Gasteiger partial charge in [-0.05, 0) is 18.7 Å². The van der Waals surface area contributed by atoms with Crippen LogP contribution in [0, 0.1) is 0 Å². The number of carboxylic acid groups (broad SMARTS) is 1. The van der Waals surface area contributed by atoms with Gasteiger partial charge in [-0.25, -0.2) is 0 Å². The first-order valence-corrected chi connectivity index (χ1v) is 5.64. The Kier molecular flexibility index (Phi) is 5.59. The highest BCUT2D eigenvalue weighted by Crippen LogP contribution is 2.03. The van der Waals surface area contributed by atoms with Gasteiger partial charge in [0.1, 0.15) is 0 Å². The molecule has 1 unspecified atom stereocenters. The van der Waals surface area contributed by atoms with Crippen molar-refractivity contribution >= 4 is 5.97 Å². The van der Waals surface area contributed by atoms with E-state index in [0.29, 0.717) is 13.1 Å². The molecule has 0 saturated heterocycles. The van der Waals surface area contributed by atoms with Gasteiger partial charge in [0.2, 0.25) is 0 Å². The summed E-state index contributed by atoms with van der Waals surface area (Å²) in [5, 5.41) is 18.1. The Hall–Kier alpha value is -1.46. The van der Waals surface area contributed by atoms with Gasteiger partial charge < -0.3 is 10.2 Å². The van der Waals surface area contributed by atoms with Crippen molar-refractivity contribution in [3.05, 3.63) is 30.1 Å². The van der Waals surface area contributed by atoms with Gasteiger partial charge in [-0.1, -0.05) is 13.0 Å². The van der Waals surface area contributed by atoms with Crippen molar-refractivity contribution in [2.24, 2.45) is 0 Å². The zero-order valence-corrected chi connectivity index (χ0v) is 9.91. The van der Waals surface area contributed by atoms with Crippen LogP contribution in [0.5, 0.6) is 0 Å². The Morgan fingerprint density at radius 3 is 2.82 bits per heavy atom. The van der Waals surface area contributed by atoms with Crippen molar-refractivity contribution in [3.63, 3.8) is 0 Å². The van der Waals surface area contributed by atoms with E-state index in [4.69, 9.17) is 5.11 Å². The number of nitrogens with zero attached hydrogens (tertiary/aromatic N) is 2. The SMILES string of the molecule is CCN(Cc1ccccn1)CC(O)CC(=O)O. The molecule has 17 heavy (non-hydrogen) atoms. The topological polar surface area (TPSA) is 73.7 Å². The van der Waals surface area contributed by atoms with Crippen LogP contribution in [0.4, 0.5) is 0 Å². The van der Waals surface area contributed by atoms with Crippen LogP contribution in [0.3, 0.4) is 0 Å². The Balaban J connectivity index is 2.46. The summed E-state index contributed by atoms with van der Waals surface area (Å²) in [6.45, 7) is 3.68. The van der Waals surface area contributed by atoms with E-state index in [1.807, 2.05) is 30.0 Å². The van der Waals surface area contributed by atoms with E-state index in [1.165, 1.54) is 0 Å². The zero-order chi connectivity index (χ0) is 12.7. The number of carbonyl (C=O) groups is 1. The fraction of sp³-hybridized carbons (Fsp3) is 0.500. The van der Waals surface area contributed by atoms with E-state index in [1.54, 1.807) is 6.20 Å². The van der Waals surface area contributed by atoms with Crippen LogP contribution in [0.15, 0.2) is 24.4 Å². The number of aliphatic carboxylic acids is 1. The van der Waals surface area contributed by atoms with Gasteiger partial charge >= 0.3 is 5.97 Å². The molecule has 0 amide bonds. The average Bonchev–Trinajstić information content (AvgIpc) is 2.28. The van der Waals surface area contributed by atoms with Crippen LogP contribution in [-0.4, -0.2) is 45.3 Å². The maximum Gasteiger partial charge on any atom is 0.306 e. The van der Waals surface area contributed by atoms with E-state index in [0.717, 1.165) is 12.2 Å². The van der Waals surface area contributed by atoms with Crippen LogP contribution in [0.25, 0.3) is 0 Å². The first kappa shape index (κ1) is 13.6. The molecule has 1 aromatic heterocycles. The molecule has 0 saturated carbocycles. The van der Waals surface area contributed by atoms with E-state index in [2.05, 4.69) is 4.98 Å². The lowest BCUT2D eigenvalue weighted by atomic mass is 10.2. The summed E-state index contributed by atoms with van der Waals surface area (Å²) in [6, 6.07) is 5.66. The number of aromatic nitrogens is 1. The molecule has 94 valence electrons. The largest absolute Gasteiger partial charge is 0.481 e. The maximum atomic E-state index is 10.4. The number of rotatable bonds is 7. The summed E-state index contributed by atoms with van der Waals surface area (Å²) in [5.74, 6) is -0.980. The van der Waals surface area contributed by atoms with Crippen molar-refractivity contribution < 1.29 is 15.0 Å². The molecular weight excluding hydrogens is 220 g/mol. The molecule has 1 rings (SSSR count). The lowest BCUT2D eigenvalue weighted by Crippen LogP contribution is -2.33. The van der Waals surface area contributed by atoms with Crippen LogP contribution in [-0.2, 0) is 11.3 Å². The summed E-state index contributed by atoms with van der Waals surface area (Å²) >= 11 is 0. The number of hydrogen-bond acceptors (Lipinski definition) is 4. The summed E-state index contributed by atoms with van der Waals surface area (Å²) in [6.07, 6.45) is 0.659. The second kappa shape index (κ2) is 6.98. The highest BCUT2D eigenvalue weighted by molar-refractivity contribution is 5.67. The quantitative estimate of drug-likeness (QED) is 0.733. The number of likely N-dealkylation sites (N-methyl/N-ethyl adjacent to an activating group) is 1. The molecule has 1 heterocycles. The number of hydrogen-bond donors (Lipinski definition) is 2. The van der Waals surface area contributed by atoms with Gasteiger partial charge in [0, 0.05) is 19.3 Å². The predicted octanol–water partition coefficient (Wildman–Crippen LogP) is 0.739. The molecule has 0 aromatic carbocycles. The highest BCUT2D eigenvalue weighted by Gasteiger charge is 2.14. The van der Waals surface area contributed by atoms with Crippen molar-refractivity contribution in [2.75, 3.05) is 13.1 Å². The minimum absolute atomic E-state index is 0.223. The molecule has 0 bridgehead atoms. The fourth-order valence-corrected chi connectivity index (χ4v) is 1.59. The first-order chi connectivity index (χ1) is 8.11. The normalized spacial score (nSPS) is 12.6. The number of pyridine rings is 1. The third-order valence-electron chi connectivity index (χ3n) is 2.44. The fourth-order valence-electron chi connectivity index (χ4n) is 1.59. The summed E-state index contributed by atoms with van der Waals surface area (Å²) in [5.41, 5.74) is 0.914. The third-order valence-corrected chi connectivity index (χ3v) is 2.44. The standard InChI is InChI=1S/C12H18N2O3/c1-2-14(9-11(15)7-12(16)17)8-10-5-3-4-6-13-10/h3-6,11,15H,2,7-9H2,1H3,(H,16,17). The smallest absolute Gasteiger partial charge is 0.306 e. The van der Waals surface area contributed by atoms with Gasteiger partial charge in [-0.15, -0.1) is 0 Å². The van der Waals surface area contributed by atoms with Gasteiger partial charge in [-0.3, -0.25) is 14.7 Å². The lowest BCUT2D eigenvalue weighted by molar-refractivity contribution is -0.139. The van der Waals surface area contributed by atoms with Gasteiger partial charge in [0.25, 0.3) is 0 Å². The van der Waals surface area contributed by atoms with Crippen LogP contribution in [0.2, 0.25) is 0 Å². The van der Waals surface area contributed by atoms with Crippen LogP contribution in [0.1, 0.15) is 19.0 Å². The number of aliphatic hydroxyl groups excluding tert-OH is 1.